The highest BCUT2D eigenvalue weighted by Crippen LogP contribution is 2.35. The maximum atomic E-state index is 12.5. The summed E-state index contributed by atoms with van der Waals surface area (Å²) in [5.74, 6) is -0.115. The molecule has 0 radical (unpaired) electrons. The Morgan fingerprint density at radius 3 is 2.55 bits per heavy atom. The van der Waals surface area contributed by atoms with E-state index in [4.69, 9.17) is 4.74 Å². The topological polar surface area (TPSA) is 54.7 Å². The van der Waals surface area contributed by atoms with Crippen LogP contribution in [0.2, 0.25) is 0 Å². The maximum absolute atomic E-state index is 12.5. The van der Waals surface area contributed by atoms with Gasteiger partial charge < -0.3 is 19.3 Å². The number of esters is 1. The number of hydrogen-bond acceptors (Lipinski definition) is 4. The molecule has 120 valence electrons. The van der Waals surface area contributed by atoms with E-state index in [1.165, 1.54) is 0 Å². The first-order valence-corrected chi connectivity index (χ1v) is 7.56. The van der Waals surface area contributed by atoms with Gasteiger partial charge in [-0.15, -0.1) is 0 Å². The summed E-state index contributed by atoms with van der Waals surface area (Å²) >= 11 is 0. The molecule has 2 rings (SSSR count). The number of benzene rings is 1. The second-order valence-electron chi connectivity index (χ2n) is 5.65. The first-order valence-electron chi connectivity index (χ1n) is 7.56. The van der Waals surface area contributed by atoms with Crippen molar-refractivity contribution in [1.29, 1.82) is 0 Å². The second kappa shape index (κ2) is 6.40. The van der Waals surface area contributed by atoms with Crippen LogP contribution in [0.1, 0.15) is 35.5 Å². The highest BCUT2D eigenvalue weighted by Gasteiger charge is 2.25. The number of phenolic OH excluding ortho intramolecular Hbond substituents is 1. The van der Waals surface area contributed by atoms with E-state index in [0.717, 1.165) is 28.6 Å². The van der Waals surface area contributed by atoms with Crippen LogP contribution in [0.15, 0.2) is 12.1 Å². The summed E-state index contributed by atoms with van der Waals surface area (Å²) < 4.78 is 7.26. The van der Waals surface area contributed by atoms with Crippen molar-refractivity contribution in [3.63, 3.8) is 0 Å². The van der Waals surface area contributed by atoms with E-state index in [-0.39, 0.29) is 11.7 Å². The van der Waals surface area contributed by atoms with Crippen LogP contribution < -0.4 is 0 Å². The monoisotopic (exact) mass is 304 g/mol. The molecule has 2 aromatic rings. The van der Waals surface area contributed by atoms with E-state index in [2.05, 4.69) is 0 Å². The Labute approximate surface area is 131 Å². The van der Waals surface area contributed by atoms with Gasteiger partial charge in [0.25, 0.3) is 0 Å². The number of aromatic hydroxyl groups is 1. The molecule has 0 bridgehead atoms. The van der Waals surface area contributed by atoms with Crippen LogP contribution in [-0.4, -0.2) is 41.2 Å². The Morgan fingerprint density at radius 2 is 2.00 bits per heavy atom. The molecule has 1 N–H and O–H groups in total. The molecular weight excluding hydrogens is 280 g/mol. The third kappa shape index (κ3) is 2.68. The van der Waals surface area contributed by atoms with Crippen molar-refractivity contribution in [2.24, 2.45) is 7.05 Å². The van der Waals surface area contributed by atoms with Gasteiger partial charge in [0, 0.05) is 35.8 Å². The van der Waals surface area contributed by atoms with Gasteiger partial charge in [0.1, 0.15) is 5.75 Å². The van der Waals surface area contributed by atoms with Crippen LogP contribution in [-0.2, 0) is 24.8 Å². The molecule has 0 amide bonds. The second-order valence-corrected chi connectivity index (χ2v) is 5.65. The molecule has 5 heteroatoms. The summed E-state index contributed by atoms with van der Waals surface area (Å²) in [5.41, 5.74) is 3.21. The largest absolute Gasteiger partial charge is 0.508 e. The third-order valence-electron chi connectivity index (χ3n) is 3.86. The lowest BCUT2D eigenvalue weighted by atomic mass is 10.0. The predicted molar refractivity (Wildman–Crippen MR) is 87.3 cm³/mol. The Bertz CT molecular complexity index is 702. The van der Waals surface area contributed by atoms with Gasteiger partial charge in [-0.1, -0.05) is 6.92 Å². The van der Waals surface area contributed by atoms with Crippen LogP contribution in [0.4, 0.5) is 0 Å². The Hall–Kier alpha value is -2.01. The summed E-state index contributed by atoms with van der Waals surface area (Å²) in [6.07, 6.45) is 0.724. The van der Waals surface area contributed by atoms with E-state index < -0.39 is 0 Å². The number of nitrogens with zero attached hydrogens (tertiary/aromatic N) is 2. The van der Waals surface area contributed by atoms with E-state index >= 15 is 0 Å². The molecule has 0 aliphatic carbocycles. The van der Waals surface area contributed by atoms with Crippen molar-refractivity contribution >= 4 is 16.9 Å². The molecule has 0 unspecified atom stereocenters. The van der Waals surface area contributed by atoms with E-state index in [1.54, 1.807) is 13.0 Å². The van der Waals surface area contributed by atoms with Crippen molar-refractivity contribution < 1.29 is 14.6 Å². The summed E-state index contributed by atoms with van der Waals surface area (Å²) in [4.78, 5) is 14.4. The summed E-state index contributed by atoms with van der Waals surface area (Å²) in [7, 11) is 5.82. The third-order valence-corrected chi connectivity index (χ3v) is 3.86. The average Bonchev–Trinajstić information content (AvgIpc) is 2.74. The van der Waals surface area contributed by atoms with Gasteiger partial charge in [0.05, 0.1) is 12.2 Å². The average molecular weight is 304 g/mol. The summed E-state index contributed by atoms with van der Waals surface area (Å²) in [6, 6.07) is 3.54. The highest BCUT2D eigenvalue weighted by atomic mass is 16.5. The SMILES string of the molecule is CCOC(=O)c1c(CC)n(C)c2ccc(O)c(CN(C)C)c12. The predicted octanol–water partition coefficient (Wildman–Crippen LogP) is 2.68. The molecule has 0 fully saturated rings. The lowest BCUT2D eigenvalue weighted by Gasteiger charge is -2.13. The van der Waals surface area contributed by atoms with Crippen LogP contribution in [0.25, 0.3) is 10.9 Å². The van der Waals surface area contributed by atoms with Crippen molar-refractivity contribution in [2.75, 3.05) is 20.7 Å². The normalized spacial score (nSPS) is 11.4. The number of aryl methyl sites for hydroxylation is 1. The zero-order chi connectivity index (χ0) is 16.4. The molecular formula is C17H24N2O3. The lowest BCUT2D eigenvalue weighted by Crippen LogP contribution is -2.12. The number of phenols is 1. The van der Waals surface area contributed by atoms with E-state index in [1.807, 2.05) is 43.6 Å². The van der Waals surface area contributed by atoms with Crippen LogP contribution in [0.3, 0.4) is 0 Å². The molecule has 0 spiro atoms. The first kappa shape index (κ1) is 16.4. The number of carbonyl (C=O) groups is 1. The minimum absolute atomic E-state index is 0.208. The van der Waals surface area contributed by atoms with Crippen LogP contribution >= 0.6 is 0 Å². The minimum Gasteiger partial charge on any atom is -0.508 e. The molecule has 0 saturated heterocycles. The Morgan fingerprint density at radius 1 is 1.32 bits per heavy atom. The molecule has 0 saturated carbocycles. The standard InChI is InChI=1S/C17H24N2O3/c1-6-12-16(17(21)22-7-2)15-11(10-18(3)4)14(20)9-8-13(15)19(12)5/h8-9,20H,6-7,10H2,1-5H3. The zero-order valence-electron chi connectivity index (χ0n) is 13.9. The van der Waals surface area contributed by atoms with Crippen molar-refractivity contribution in [1.82, 2.24) is 9.47 Å². The number of fused-ring (bicyclic) bond motifs is 1. The molecule has 1 aromatic heterocycles. The van der Waals surface area contributed by atoms with Gasteiger partial charge >= 0.3 is 5.97 Å². The highest BCUT2D eigenvalue weighted by molar-refractivity contribution is 6.08. The fourth-order valence-electron chi connectivity index (χ4n) is 2.95. The number of hydrogen-bond donors (Lipinski definition) is 1. The molecule has 5 nitrogen and oxygen atoms in total. The first-order chi connectivity index (χ1) is 10.4. The van der Waals surface area contributed by atoms with Crippen LogP contribution in [0.5, 0.6) is 5.75 Å². The number of aromatic nitrogens is 1. The molecule has 0 aliphatic heterocycles. The van der Waals surface area contributed by atoms with Crippen molar-refractivity contribution in [3.8, 4) is 5.75 Å². The Kier molecular flexibility index (Phi) is 4.76. The smallest absolute Gasteiger partial charge is 0.340 e. The minimum atomic E-state index is -0.324. The van der Waals surface area contributed by atoms with Gasteiger partial charge in [-0.25, -0.2) is 4.79 Å². The van der Waals surface area contributed by atoms with Gasteiger partial charge in [0.2, 0.25) is 0 Å². The zero-order valence-corrected chi connectivity index (χ0v) is 13.9. The number of ether oxygens (including phenoxy) is 1. The molecule has 1 aromatic carbocycles. The molecule has 0 atom stereocenters. The van der Waals surface area contributed by atoms with Gasteiger partial charge in [-0.05, 0) is 39.6 Å². The molecule has 1 heterocycles. The van der Waals surface area contributed by atoms with Crippen molar-refractivity contribution in [3.05, 3.63) is 29.0 Å². The molecule has 0 aliphatic rings. The quantitative estimate of drug-likeness (QED) is 0.863. The number of rotatable bonds is 5. The molecule has 22 heavy (non-hydrogen) atoms. The fourth-order valence-corrected chi connectivity index (χ4v) is 2.95. The van der Waals surface area contributed by atoms with Gasteiger partial charge in [0.15, 0.2) is 0 Å². The van der Waals surface area contributed by atoms with E-state index in [9.17, 15) is 9.90 Å². The number of carbonyl (C=O) groups excluding carboxylic acids is 1. The fraction of sp³-hybridized carbons (Fsp3) is 0.471. The Balaban J connectivity index is 2.84. The van der Waals surface area contributed by atoms with Crippen molar-refractivity contribution in [2.45, 2.75) is 26.8 Å². The van der Waals surface area contributed by atoms with E-state index in [0.29, 0.717) is 18.7 Å². The van der Waals surface area contributed by atoms with Crippen LogP contribution in [0, 0.1) is 0 Å². The lowest BCUT2D eigenvalue weighted by molar-refractivity contribution is 0.0527. The van der Waals surface area contributed by atoms with Gasteiger partial charge in [-0.3, -0.25) is 0 Å². The maximum Gasteiger partial charge on any atom is 0.340 e. The summed E-state index contributed by atoms with van der Waals surface area (Å²) in [6.45, 7) is 4.71. The summed E-state index contributed by atoms with van der Waals surface area (Å²) in [5, 5.41) is 11.1. The van der Waals surface area contributed by atoms with Gasteiger partial charge in [-0.2, -0.15) is 0 Å².